The molecule has 0 aliphatic carbocycles. The standard InChI is InChI=1S/C7H9N3O2/c1-2-3-7(11)12-6-4-5-8-10-9-6/h4-5H,2-3H2,1H3. The van der Waals surface area contributed by atoms with Crippen molar-refractivity contribution in [3.05, 3.63) is 12.3 Å². The molecule has 0 aromatic carbocycles. The van der Waals surface area contributed by atoms with E-state index in [2.05, 4.69) is 15.4 Å². The van der Waals surface area contributed by atoms with Crippen molar-refractivity contribution in [2.45, 2.75) is 19.8 Å². The normalized spacial score (nSPS) is 9.42. The topological polar surface area (TPSA) is 65.0 Å². The highest BCUT2D eigenvalue weighted by Crippen LogP contribution is 2.02. The van der Waals surface area contributed by atoms with Crippen molar-refractivity contribution < 1.29 is 9.53 Å². The molecule has 0 spiro atoms. The van der Waals surface area contributed by atoms with E-state index in [1.165, 1.54) is 12.3 Å². The fraction of sp³-hybridized carbons (Fsp3) is 0.429. The van der Waals surface area contributed by atoms with Gasteiger partial charge in [0.2, 0.25) is 5.88 Å². The van der Waals surface area contributed by atoms with Gasteiger partial charge in [0.25, 0.3) is 0 Å². The molecule has 0 saturated carbocycles. The molecule has 12 heavy (non-hydrogen) atoms. The quantitative estimate of drug-likeness (QED) is 0.616. The van der Waals surface area contributed by atoms with Crippen LogP contribution in [0.4, 0.5) is 0 Å². The minimum Gasteiger partial charge on any atom is -0.406 e. The average molecular weight is 167 g/mol. The van der Waals surface area contributed by atoms with Gasteiger partial charge in [0, 0.05) is 12.5 Å². The number of rotatable bonds is 3. The van der Waals surface area contributed by atoms with Crippen molar-refractivity contribution >= 4 is 5.97 Å². The van der Waals surface area contributed by atoms with Gasteiger partial charge in [0.15, 0.2) is 0 Å². The first kappa shape index (κ1) is 8.58. The fourth-order valence-corrected chi connectivity index (χ4v) is 0.656. The minimum atomic E-state index is -0.294. The first-order valence-corrected chi connectivity index (χ1v) is 3.68. The SMILES string of the molecule is CCCC(=O)Oc1ccnnn1. The molecular weight excluding hydrogens is 158 g/mol. The third-order valence-electron chi connectivity index (χ3n) is 1.15. The lowest BCUT2D eigenvalue weighted by Crippen LogP contribution is -2.08. The zero-order valence-electron chi connectivity index (χ0n) is 6.73. The van der Waals surface area contributed by atoms with Crippen LogP contribution in [0.15, 0.2) is 12.3 Å². The zero-order chi connectivity index (χ0) is 8.81. The Balaban J connectivity index is 2.47. The van der Waals surface area contributed by atoms with Crippen LogP contribution in [0.3, 0.4) is 0 Å². The third-order valence-corrected chi connectivity index (χ3v) is 1.15. The van der Waals surface area contributed by atoms with E-state index < -0.39 is 0 Å². The van der Waals surface area contributed by atoms with Crippen LogP contribution in [0.5, 0.6) is 5.88 Å². The van der Waals surface area contributed by atoms with Crippen LogP contribution in [0.25, 0.3) is 0 Å². The molecule has 0 unspecified atom stereocenters. The highest BCUT2D eigenvalue weighted by Gasteiger charge is 2.03. The van der Waals surface area contributed by atoms with Gasteiger partial charge < -0.3 is 4.74 Å². The molecule has 0 aliphatic heterocycles. The molecule has 0 atom stereocenters. The van der Waals surface area contributed by atoms with Crippen LogP contribution in [-0.4, -0.2) is 21.4 Å². The maximum Gasteiger partial charge on any atom is 0.312 e. The predicted molar refractivity (Wildman–Crippen MR) is 40.4 cm³/mol. The lowest BCUT2D eigenvalue weighted by Gasteiger charge is -1.98. The lowest BCUT2D eigenvalue weighted by molar-refractivity contribution is -0.134. The zero-order valence-corrected chi connectivity index (χ0v) is 6.73. The number of carbonyl (C=O) groups excluding carboxylic acids is 1. The summed E-state index contributed by atoms with van der Waals surface area (Å²) in [5, 5.41) is 10.3. The van der Waals surface area contributed by atoms with Gasteiger partial charge in [-0.25, -0.2) is 0 Å². The molecule has 5 nitrogen and oxygen atoms in total. The summed E-state index contributed by atoms with van der Waals surface area (Å²) in [6.07, 6.45) is 2.57. The van der Waals surface area contributed by atoms with Gasteiger partial charge in [-0.15, -0.1) is 5.10 Å². The first-order chi connectivity index (χ1) is 5.83. The average Bonchev–Trinajstić information content (AvgIpc) is 2.06. The molecule has 0 N–H and O–H groups in total. The Labute approximate surface area is 69.8 Å². The largest absolute Gasteiger partial charge is 0.406 e. The van der Waals surface area contributed by atoms with Crippen molar-refractivity contribution in [1.29, 1.82) is 0 Å². The number of aromatic nitrogens is 3. The summed E-state index contributed by atoms with van der Waals surface area (Å²) < 4.78 is 4.80. The monoisotopic (exact) mass is 167 g/mol. The van der Waals surface area contributed by atoms with Gasteiger partial charge in [0.1, 0.15) is 0 Å². The molecule has 1 heterocycles. The smallest absolute Gasteiger partial charge is 0.312 e. The summed E-state index contributed by atoms with van der Waals surface area (Å²) in [6, 6.07) is 1.49. The van der Waals surface area contributed by atoms with Crippen molar-refractivity contribution in [1.82, 2.24) is 15.4 Å². The summed E-state index contributed by atoms with van der Waals surface area (Å²) in [5.41, 5.74) is 0. The Kier molecular flexibility index (Phi) is 3.13. The molecule has 1 rings (SSSR count). The number of esters is 1. The number of carbonyl (C=O) groups is 1. The molecule has 0 radical (unpaired) electrons. The lowest BCUT2D eigenvalue weighted by atomic mass is 10.3. The second kappa shape index (κ2) is 4.38. The molecule has 64 valence electrons. The molecule has 0 saturated heterocycles. The number of nitrogens with zero attached hydrogens (tertiary/aromatic N) is 3. The highest BCUT2D eigenvalue weighted by atomic mass is 16.5. The Hall–Kier alpha value is -1.52. The predicted octanol–water partition coefficient (Wildman–Crippen LogP) is 0.577. The molecule has 0 aliphatic rings. The van der Waals surface area contributed by atoms with Gasteiger partial charge in [-0.1, -0.05) is 12.0 Å². The highest BCUT2D eigenvalue weighted by molar-refractivity contribution is 5.71. The van der Waals surface area contributed by atoms with Gasteiger partial charge >= 0.3 is 5.97 Å². The maximum atomic E-state index is 10.9. The van der Waals surface area contributed by atoms with E-state index >= 15 is 0 Å². The van der Waals surface area contributed by atoms with Crippen LogP contribution >= 0.6 is 0 Å². The second-order valence-electron chi connectivity index (χ2n) is 2.18. The van der Waals surface area contributed by atoms with E-state index in [4.69, 9.17) is 4.74 Å². The van der Waals surface area contributed by atoms with Crippen LogP contribution in [-0.2, 0) is 4.79 Å². The molecular formula is C7H9N3O2. The summed E-state index contributed by atoms with van der Waals surface area (Å²) in [7, 11) is 0. The van der Waals surface area contributed by atoms with Crippen molar-refractivity contribution in [2.75, 3.05) is 0 Å². The van der Waals surface area contributed by atoms with Crippen molar-refractivity contribution in [3.63, 3.8) is 0 Å². The van der Waals surface area contributed by atoms with Crippen LogP contribution in [0.1, 0.15) is 19.8 Å². The minimum absolute atomic E-state index is 0.198. The summed E-state index contributed by atoms with van der Waals surface area (Å²) in [5.74, 6) is -0.0959. The number of ether oxygens (including phenoxy) is 1. The van der Waals surface area contributed by atoms with E-state index in [-0.39, 0.29) is 11.8 Å². The Morgan fingerprint density at radius 3 is 3.08 bits per heavy atom. The van der Waals surface area contributed by atoms with Gasteiger partial charge in [-0.2, -0.15) is 0 Å². The van der Waals surface area contributed by atoms with Gasteiger partial charge in [0.05, 0.1) is 6.20 Å². The van der Waals surface area contributed by atoms with Gasteiger partial charge in [-0.3, -0.25) is 4.79 Å². The van der Waals surface area contributed by atoms with Crippen LogP contribution in [0.2, 0.25) is 0 Å². The Morgan fingerprint density at radius 2 is 2.50 bits per heavy atom. The number of hydrogen-bond acceptors (Lipinski definition) is 5. The van der Waals surface area contributed by atoms with Crippen LogP contribution < -0.4 is 4.74 Å². The summed E-state index contributed by atoms with van der Waals surface area (Å²) in [6.45, 7) is 1.90. The third kappa shape index (κ3) is 2.61. The van der Waals surface area contributed by atoms with E-state index in [0.717, 1.165) is 6.42 Å². The molecule has 0 fully saturated rings. The van der Waals surface area contributed by atoms with E-state index in [1.54, 1.807) is 0 Å². The summed E-state index contributed by atoms with van der Waals surface area (Å²) in [4.78, 5) is 10.9. The Morgan fingerprint density at radius 1 is 1.67 bits per heavy atom. The second-order valence-corrected chi connectivity index (χ2v) is 2.18. The molecule has 1 aromatic heterocycles. The first-order valence-electron chi connectivity index (χ1n) is 3.68. The number of hydrogen-bond donors (Lipinski definition) is 0. The molecule has 5 heteroatoms. The van der Waals surface area contributed by atoms with Crippen LogP contribution in [0, 0.1) is 0 Å². The Bertz CT molecular complexity index is 250. The maximum absolute atomic E-state index is 10.9. The van der Waals surface area contributed by atoms with Gasteiger partial charge in [-0.05, 0) is 11.6 Å². The van der Waals surface area contributed by atoms with Crippen molar-refractivity contribution in [2.24, 2.45) is 0 Å². The van der Waals surface area contributed by atoms with E-state index in [0.29, 0.717) is 6.42 Å². The molecule has 0 bridgehead atoms. The van der Waals surface area contributed by atoms with E-state index in [1.807, 2.05) is 6.92 Å². The van der Waals surface area contributed by atoms with E-state index in [9.17, 15) is 4.79 Å². The fourth-order valence-electron chi connectivity index (χ4n) is 0.656. The summed E-state index contributed by atoms with van der Waals surface area (Å²) >= 11 is 0. The van der Waals surface area contributed by atoms with Crippen molar-refractivity contribution in [3.8, 4) is 5.88 Å². The molecule has 0 amide bonds. The molecule has 1 aromatic rings.